The number of carbonyl (C=O) groups is 1. The molecular formula is C10H22N2O2. The second-order valence-electron chi connectivity index (χ2n) is 4.64. The van der Waals surface area contributed by atoms with Crippen LogP contribution in [0, 0.1) is 5.41 Å². The fourth-order valence-electron chi connectivity index (χ4n) is 0.831. The van der Waals surface area contributed by atoms with Crippen molar-refractivity contribution in [3.05, 3.63) is 0 Å². The van der Waals surface area contributed by atoms with Gasteiger partial charge in [0.15, 0.2) is 0 Å². The normalized spacial score (nSPS) is 16.1. The molecule has 0 saturated carbocycles. The van der Waals surface area contributed by atoms with E-state index in [9.17, 15) is 4.79 Å². The van der Waals surface area contributed by atoms with Crippen LogP contribution in [0.5, 0.6) is 0 Å². The van der Waals surface area contributed by atoms with Gasteiger partial charge < -0.3 is 15.8 Å². The summed E-state index contributed by atoms with van der Waals surface area (Å²) in [7, 11) is 1.61. The quantitative estimate of drug-likeness (QED) is 0.698. The zero-order chi connectivity index (χ0) is 11.4. The van der Waals surface area contributed by atoms with E-state index in [0.717, 1.165) is 0 Å². The van der Waals surface area contributed by atoms with Crippen LogP contribution >= 0.6 is 0 Å². The minimum Gasteiger partial charge on any atom is -0.380 e. The van der Waals surface area contributed by atoms with Gasteiger partial charge in [0.05, 0.1) is 12.1 Å². The lowest BCUT2D eigenvalue weighted by Gasteiger charge is -2.26. The molecule has 3 N–H and O–H groups in total. The monoisotopic (exact) mass is 202 g/mol. The van der Waals surface area contributed by atoms with Crippen molar-refractivity contribution in [3.63, 3.8) is 0 Å². The number of ether oxygens (including phenoxy) is 1. The fourth-order valence-corrected chi connectivity index (χ4v) is 0.831. The van der Waals surface area contributed by atoms with Crippen LogP contribution in [-0.2, 0) is 9.53 Å². The Kier molecular flexibility index (Phi) is 5.08. The number of nitrogens with two attached hydrogens (primary N) is 1. The van der Waals surface area contributed by atoms with E-state index in [2.05, 4.69) is 5.32 Å². The molecule has 4 heteroatoms. The molecule has 1 amide bonds. The average Bonchev–Trinajstić information content (AvgIpc) is 2.10. The lowest BCUT2D eigenvalue weighted by molar-refractivity contribution is -0.125. The van der Waals surface area contributed by atoms with Gasteiger partial charge in [-0.1, -0.05) is 20.8 Å². The zero-order valence-electron chi connectivity index (χ0n) is 9.76. The van der Waals surface area contributed by atoms with Crippen LogP contribution in [0.4, 0.5) is 0 Å². The van der Waals surface area contributed by atoms with Crippen molar-refractivity contribution >= 4 is 5.91 Å². The van der Waals surface area contributed by atoms with E-state index in [4.69, 9.17) is 10.5 Å². The Bertz CT molecular complexity index is 187. The summed E-state index contributed by atoms with van der Waals surface area (Å²) in [6.45, 7) is 8.22. The molecule has 0 bridgehead atoms. The summed E-state index contributed by atoms with van der Waals surface area (Å²) in [4.78, 5) is 11.5. The highest BCUT2D eigenvalue weighted by Gasteiger charge is 2.27. The van der Waals surface area contributed by atoms with Gasteiger partial charge in [0, 0.05) is 13.7 Å². The maximum Gasteiger partial charge on any atom is 0.237 e. The van der Waals surface area contributed by atoms with E-state index >= 15 is 0 Å². The molecule has 2 atom stereocenters. The first-order chi connectivity index (χ1) is 6.29. The van der Waals surface area contributed by atoms with Crippen molar-refractivity contribution < 1.29 is 9.53 Å². The third-order valence-corrected chi connectivity index (χ3v) is 2.18. The number of rotatable bonds is 4. The summed E-state index contributed by atoms with van der Waals surface area (Å²) in [6.07, 6.45) is 0.0196. The van der Waals surface area contributed by atoms with Crippen LogP contribution in [0.15, 0.2) is 0 Å². The number of nitrogens with one attached hydrogen (secondary N) is 1. The highest BCUT2D eigenvalue weighted by molar-refractivity contribution is 5.82. The molecule has 0 aliphatic rings. The number of methoxy groups -OCH3 is 1. The summed E-state index contributed by atoms with van der Waals surface area (Å²) < 4.78 is 5.01. The van der Waals surface area contributed by atoms with E-state index in [1.807, 2.05) is 27.7 Å². The zero-order valence-corrected chi connectivity index (χ0v) is 9.76. The van der Waals surface area contributed by atoms with Gasteiger partial charge in [-0.2, -0.15) is 0 Å². The summed E-state index contributed by atoms with van der Waals surface area (Å²) in [6, 6.07) is -0.480. The fraction of sp³-hybridized carbons (Fsp3) is 0.900. The topological polar surface area (TPSA) is 64.3 Å². The van der Waals surface area contributed by atoms with E-state index in [-0.39, 0.29) is 17.4 Å². The van der Waals surface area contributed by atoms with Crippen LogP contribution in [0.2, 0.25) is 0 Å². The van der Waals surface area contributed by atoms with Gasteiger partial charge in [0.25, 0.3) is 0 Å². The van der Waals surface area contributed by atoms with Crippen molar-refractivity contribution in [3.8, 4) is 0 Å². The van der Waals surface area contributed by atoms with E-state index in [0.29, 0.717) is 6.54 Å². The Morgan fingerprint density at radius 3 is 2.36 bits per heavy atom. The molecule has 0 aromatic carbocycles. The van der Waals surface area contributed by atoms with E-state index in [1.54, 1.807) is 7.11 Å². The molecule has 0 aliphatic carbocycles. The smallest absolute Gasteiger partial charge is 0.237 e. The molecule has 0 spiro atoms. The van der Waals surface area contributed by atoms with Gasteiger partial charge in [-0.05, 0) is 12.3 Å². The molecule has 84 valence electrons. The van der Waals surface area contributed by atoms with Crippen LogP contribution < -0.4 is 11.1 Å². The minimum atomic E-state index is -0.480. The number of carbonyl (C=O) groups excluding carboxylic acids is 1. The number of amides is 1. The predicted molar refractivity (Wildman–Crippen MR) is 56.9 cm³/mol. The third kappa shape index (κ3) is 4.58. The molecular weight excluding hydrogens is 180 g/mol. The lowest BCUT2D eigenvalue weighted by atomic mass is 9.87. The highest BCUT2D eigenvalue weighted by atomic mass is 16.5. The molecule has 0 aromatic rings. The maximum absolute atomic E-state index is 11.5. The molecule has 2 unspecified atom stereocenters. The Hall–Kier alpha value is -0.610. The van der Waals surface area contributed by atoms with Crippen molar-refractivity contribution in [1.82, 2.24) is 5.32 Å². The average molecular weight is 202 g/mol. The molecule has 4 nitrogen and oxygen atoms in total. The lowest BCUT2D eigenvalue weighted by Crippen LogP contribution is -2.49. The van der Waals surface area contributed by atoms with Crippen LogP contribution in [0.3, 0.4) is 0 Å². The molecule has 0 fully saturated rings. The Morgan fingerprint density at radius 2 is 2.00 bits per heavy atom. The van der Waals surface area contributed by atoms with Crippen molar-refractivity contribution in [2.24, 2.45) is 11.1 Å². The van der Waals surface area contributed by atoms with Crippen molar-refractivity contribution in [1.29, 1.82) is 0 Å². The summed E-state index contributed by atoms with van der Waals surface area (Å²) in [5.41, 5.74) is 5.56. The van der Waals surface area contributed by atoms with Gasteiger partial charge in [0.2, 0.25) is 5.91 Å². The van der Waals surface area contributed by atoms with Gasteiger partial charge in [-0.25, -0.2) is 0 Å². The summed E-state index contributed by atoms with van der Waals surface area (Å²) in [5.74, 6) is -0.124. The molecule has 0 aromatic heterocycles. The SMILES string of the molecule is COC(C)CNC(=O)C(N)C(C)(C)C. The number of hydrogen-bond donors (Lipinski definition) is 2. The van der Waals surface area contributed by atoms with Crippen LogP contribution in [0.1, 0.15) is 27.7 Å². The van der Waals surface area contributed by atoms with Gasteiger partial charge >= 0.3 is 0 Å². The third-order valence-electron chi connectivity index (χ3n) is 2.18. The first-order valence-electron chi connectivity index (χ1n) is 4.85. The summed E-state index contributed by atoms with van der Waals surface area (Å²) >= 11 is 0. The first kappa shape index (κ1) is 13.4. The predicted octanol–water partition coefficient (Wildman–Crippen LogP) is 0.511. The minimum absolute atomic E-state index is 0.0196. The van der Waals surface area contributed by atoms with E-state index in [1.165, 1.54) is 0 Å². The molecule has 0 radical (unpaired) electrons. The number of hydrogen-bond acceptors (Lipinski definition) is 3. The van der Waals surface area contributed by atoms with Gasteiger partial charge in [0.1, 0.15) is 0 Å². The van der Waals surface area contributed by atoms with Gasteiger partial charge in [-0.15, -0.1) is 0 Å². The first-order valence-corrected chi connectivity index (χ1v) is 4.85. The summed E-state index contributed by atoms with van der Waals surface area (Å²) in [5, 5.41) is 2.75. The second-order valence-corrected chi connectivity index (χ2v) is 4.64. The Labute approximate surface area is 86.2 Å². The molecule has 14 heavy (non-hydrogen) atoms. The standard InChI is InChI=1S/C10H22N2O2/c1-7(14-5)6-12-9(13)8(11)10(2,3)4/h7-8H,6,11H2,1-5H3,(H,12,13). The molecule has 0 aliphatic heterocycles. The Balaban J connectivity index is 3.97. The van der Waals surface area contributed by atoms with Crippen LogP contribution in [0.25, 0.3) is 0 Å². The molecule has 0 saturated heterocycles. The maximum atomic E-state index is 11.5. The Morgan fingerprint density at radius 1 is 1.50 bits per heavy atom. The largest absolute Gasteiger partial charge is 0.380 e. The van der Waals surface area contributed by atoms with Crippen LogP contribution in [-0.4, -0.2) is 31.7 Å². The second kappa shape index (κ2) is 5.32. The highest BCUT2D eigenvalue weighted by Crippen LogP contribution is 2.16. The molecule has 0 heterocycles. The van der Waals surface area contributed by atoms with Crippen molar-refractivity contribution in [2.45, 2.75) is 39.8 Å². The molecule has 0 rings (SSSR count). The van der Waals surface area contributed by atoms with Gasteiger partial charge in [-0.3, -0.25) is 4.79 Å². The van der Waals surface area contributed by atoms with Crippen molar-refractivity contribution in [2.75, 3.05) is 13.7 Å². The van der Waals surface area contributed by atoms with E-state index < -0.39 is 6.04 Å².